The Morgan fingerprint density at radius 1 is 1.13 bits per heavy atom. The van der Waals surface area contributed by atoms with Gasteiger partial charge in [-0.3, -0.25) is 4.99 Å². The van der Waals surface area contributed by atoms with Gasteiger partial charge in [-0.05, 0) is 30.3 Å². The van der Waals surface area contributed by atoms with Crippen LogP contribution in [-0.4, -0.2) is 21.4 Å². The Kier molecular flexibility index (Phi) is 4.41. The fraction of sp³-hybridized carbons (Fsp3) is 0.0588. The summed E-state index contributed by atoms with van der Waals surface area (Å²) in [5.41, 5.74) is 2.19. The quantitative estimate of drug-likeness (QED) is 0.711. The number of para-hydroxylation sites is 1. The second kappa shape index (κ2) is 6.64. The van der Waals surface area contributed by atoms with E-state index in [1.54, 1.807) is 36.4 Å². The van der Waals surface area contributed by atoms with E-state index in [4.69, 9.17) is 16.0 Å². The summed E-state index contributed by atoms with van der Waals surface area (Å²) in [7, 11) is 0. The van der Waals surface area contributed by atoms with Crippen molar-refractivity contribution in [2.45, 2.75) is 6.61 Å². The highest BCUT2D eigenvalue weighted by atomic mass is 35.5. The lowest BCUT2D eigenvalue weighted by molar-refractivity contribution is 0.282. The summed E-state index contributed by atoms with van der Waals surface area (Å²) in [6, 6.07) is 14.1. The molecule has 0 saturated heterocycles. The molecule has 6 heteroatoms. The van der Waals surface area contributed by atoms with Crippen LogP contribution in [0.3, 0.4) is 0 Å². The minimum atomic E-state index is -0.319. The highest BCUT2D eigenvalue weighted by molar-refractivity contribution is 6.30. The zero-order valence-electron chi connectivity index (χ0n) is 12.0. The van der Waals surface area contributed by atoms with E-state index in [0.717, 1.165) is 0 Å². The first-order valence-electron chi connectivity index (χ1n) is 6.86. The molecule has 3 aromatic rings. The number of rotatable bonds is 4. The van der Waals surface area contributed by atoms with Gasteiger partial charge in [-0.2, -0.15) is 0 Å². The predicted molar refractivity (Wildman–Crippen MR) is 88.2 cm³/mol. The van der Waals surface area contributed by atoms with E-state index >= 15 is 0 Å². The molecule has 23 heavy (non-hydrogen) atoms. The number of hydrogen-bond acceptors (Lipinski definition) is 5. The Hall–Kier alpha value is -2.63. The Morgan fingerprint density at radius 2 is 1.87 bits per heavy atom. The molecule has 2 aromatic carbocycles. The van der Waals surface area contributed by atoms with E-state index in [0.29, 0.717) is 21.8 Å². The average Bonchev–Trinajstić information content (AvgIpc) is 2.94. The van der Waals surface area contributed by atoms with Crippen LogP contribution in [0.2, 0.25) is 5.02 Å². The van der Waals surface area contributed by atoms with Crippen LogP contribution in [0, 0.1) is 0 Å². The standard InChI is InChI=1S/C17H13ClN2O3/c18-13-7-5-11(6-8-13)16-20-15(17(22)23-16)9-19-14-4-2-1-3-12(14)10-21/h1-9,21-22H,10H2. The first kappa shape index (κ1) is 15.3. The van der Waals surface area contributed by atoms with Gasteiger partial charge in [0.1, 0.15) is 0 Å². The molecule has 2 N–H and O–H groups in total. The van der Waals surface area contributed by atoms with Crippen molar-refractivity contribution in [3.05, 3.63) is 64.8 Å². The van der Waals surface area contributed by atoms with E-state index in [1.807, 2.05) is 12.1 Å². The number of hydrogen-bond donors (Lipinski definition) is 2. The van der Waals surface area contributed by atoms with E-state index in [-0.39, 0.29) is 24.1 Å². The van der Waals surface area contributed by atoms with Crippen molar-refractivity contribution in [3.8, 4) is 17.4 Å². The number of aliphatic imine (C=N–C) groups is 1. The van der Waals surface area contributed by atoms with Gasteiger partial charge in [0.05, 0.1) is 18.5 Å². The maximum absolute atomic E-state index is 9.86. The Balaban J connectivity index is 1.89. The summed E-state index contributed by atoms with van der Waals surface area (Å²) in [5, 5.41) is 19.7. The molecule has 1 aromatic heterocycles. The van der Waals surface area contributed by atoms with Crippen LogP contribution in [0.5, 0.6) is 5.95 Å². The number of aliphatic hydroxyl groups is 1. The minimum absolute atomic E-state index is 0.117. The molecule has 0 unspecified atom stereocenters. The van der Waals surface area contributed by atoms with Crippen LogP contribution in [0.1, 0.15) is 11.3 Å². The van der Waals surface area contributed by atoms with Crippen molar-refractivity contribution in [3.63, 3.8) is 0 Å². The van der Waals surface area contributed by atoms with Crippen LogP contribution >= 0.6 is 11.6 Å². The average molecular weight is 329 g/mol. The summed E-state index contributed by atoms with van der Waals surface area (Å²) < 4.78 is 5.25. The van der Waals surface area contributed by atoms with Gasteiger partial charge in [-0.1, -0.05) is 29.8 Å². The van der Waals surface area contributed by atoms with Gasteiger partial charge in [-0.25, -0.2) is 4.98 Å². The summed E-state index contributed by atoms with van der Waals surface area (Å²) in [6.45, 7) is -0.117. The highest BCUT2D eigenvalue weighted by Crippen LogP contribution is 2.27. The molecule has 3 rings (SSSR count). The number of aromatic nitrogens is 1. The molecule has 5 nitrogen and oxygen atoms in total. The van der Waals surface area contributed by atoms with E-state index in [9.17, 15) is 10.2 Å². The second-order valence-electron chi connectivity index (χ2n) is 4.76. The molecule has 116 valence electrons. The van der Waals surface area contributed by atoms with Crippen LogP contribution < -0.4 is 0 Å². The van der Waals surface area contributed by atoms with Gasteiger partial charge < -0.3 is 14.6 Å². The molecule has 1 heterocycles. The number of halogens is 1. The SMILES string of the molecule is OCc1ccccc1N=Cc1nc(-c2ccc(Cl)cc2)oc1O. The number of nitrogens with zero attached hydrogens (tertiary/aromatic N) is 2. The summed E-state index contributed by atoms with van der Waals surface area (Å²) >= 11 is 5.84. The van der Waals surface area contributed by atoms with E-state index in [2.05, 4.69) is 9.98 Å². The molecule has 0 spiro atoms. The van der Waals surface area contributed by atoms with Crippen LogP contribution in [0.15, 0.2) is 57.9 Å². The molecule has 0 aliphatic heterocycles. The third kappa shape index (κ3) is 3.41. The van der Waals surface area contributed by atoms with Gasteiger partial charge in [-0.15, -0.1) is 0 Å². The van der Waals surface area contributed by atoms with Gasteiger partial charge >= 0.3 is 5.95 Å². The lowest BCUT2D eigenvalue weighted by Gasteiger charge is -1.99. The number of aromatic hydroxyl groups is 1. The highest BCUT2D eigenvalue weighted by Gasteiger charge is 2.12. The molecule has 0 radical (unpaired) electrons. The van der Waals surface area contributed by atoms with Crippen molar-refractivity contribution in [1.29, 1.82) is 0 Å². The molecule has 0 saturated carbocycles. The summed E-state index contributed by atoms with van der Waals surface area (Å²) in [4.78, 5) is 8.45. The monoisotopic (exact) mass is 328 g/mol. The lowest BCUT2D eigenvalue weighted by atomic mass is 10.2. The third-order valence-electron chi connectivity index (χ3n) is 3.21. The molecular formula is C17H13ClN2O3. The maximum Gasteiger partial charge on any atom is 0.312 e. The fourth-order valence-electron chi connectivity index (χ4n) is 2.03. The number of oxazole rings is 1. The smallest absolute Gasteiger partial charge is 0.312 e. The Bertz CT molecular complexity index is 841. The topological polar surface area (TPSA) is 78.9 Å². The lowest BCUT2D eigenvalue weighted by Crippen LogP contribution is -1.86. The van der Waals surface area contributed by atoms with Crippen LogP contribution in [0.25, 0.3) is 11.5 Å². The van der Waals surface area contributed by atoms with Crippen molar-refractivity contribution < 1.29 is 14.6 Å². The van der Waals surface area contributed by atoms with Crippen LogP contribution in [0.4, 0.5) is 5.69 Å². The van der Waals surface area contributed by atoms with Crippen molar-refractivity contribution in [2.24, 2.45) is 4.99 Å². The first-order valence-corrected chi connectivity index (χ1v) is 7.23. The molecule has 0 aliphatic rings. The predicted octanol–water partition coefficient (Wildman–Crippen LogP) is 3.94. The molecule has 0 aliphatic carbocycles. The zero-order valence-corrected chi connectivity index (χ0v) is 12.7. The maximum atomic E-state index is 9.86. The number of aliphatic hydroxyl groups excluding tert-OH is 1. The minimum Gasteiger partial charge on any atom is -0.479 e. The Labute approximate surface area is 137 Å². The molecule has 0 bridgehead atoms. The second-order valence-corrected chi connectivity index (χ2v) is 5.20. The number of benzene rings is 2. The summed E-state index contributed by atoms with van der Waals surface area (Å²) in [5.74, 6) is -0.0451. The van der Waals surface area contributed by atoms with Gasteiger partial charge in [0.2, 0.25) is 5.89 Å². The zero-order chi connectivity index (χ0) is 16.2. The fourth-order valence-corrected chi connectivity index (χ4v) is 2.15. The first-order chi connectivity index (χ1) is 11.2. The van der Waals surface area contributed by atoms with Gasteiger partial charge in [0, 0.05) is 16.1 Å². The van der Waals surface area contributed by atoms with Gasteiger partial charge in [0.25, 0.3) is 0 Å². The third-order valence-corrected chi connectivity index (χ3v) is 3.47. The van der Waals surface area contributed by atoms with Crippen molar-refractivity contribution in [2.75, 3.05) is 0 Å². The Morgan fingerprint density at radius 3 is 2.61 bits per heavy atom. The van der Waals surface area contributed by atoms with E-state index in [1.165, 1.54) is 6.21 Å². The summed E-state index contributed by atoms with van der Waals surface area (Å²) in [6.07, 6.45) is 1.40. The van der Waals surface area contributed by atoms with E-state index < -0.39 is 0 Å². The van der Waals surface area contributed by atoms with Crippen molar-refractivity contribution in [1.82, 2.24) is 4.98 Å². The molecular weight excluding hydrogens is 316 g/mol. The van der Waals surface area contributed by atoms with Crippen molar-refractivity contribution >= 4 is 23.5 Å². The van der Waals surface area contributed by atoms with Gasteiger partial charge in [0.15, 0.2) is 5.69 Å². The largest absolute Gasteiger partial charge is 0.479 e. The van der Waals surface area contributed by atoms with Crippen LogP contribution in [-0.2, 0) is 6.61 Å². The molecule has 0 atom stereocenters. The molecule has 0 amide bonds. The normalized spacial score (nSPS) is 11.2. The molecule has 0 fully saturated rings.